The van der Waals surface area contributed by atoms with Gasteiger partial charge in [-0.3, -0.25) is 28.5 Å². The molecule has 2 aromatic rings. The molecule has 4 amide bonds. The van der Waals surface area contributed by atoms with Gasteiger partial charge in [-0.15, -0.1) is 10.2 Å². The van der Waals surface area contributed by atoms with Crippen molar-refractivity contribution in [2.75, 3.05) is 21.1 Å². The van der Waals surface area contributed by atoms with Crippen LogP contribution in [0, 0.1) is 0 Å². The number of hydrogen-bond donors (Lipinski definition) is 5. The van der Waals surface area contributed by atoms with Crippen molar-refractivity contribution in [1.29, 1.82) is 0 Å². The molecule has 0 spiro atoms. The van der Waals surface area contributed by atoms with E-state index in [1.807, 2.05) is 17.1 Å². The number of aromatic nitrogens is 6. The summed E-state index contributed by atoms with van der Waals surface area (Å²) in [6.07, 6.45) is 9.81. The van der Waals surface area contributed by atoms with Crippen LogP contribution >= 0.6 is 0 Å². The second-order valence-corrected chi connectivity index (χ2v) is 9.11. The Morgan fingerprint density at radius 1 is 0.810 bits per heavy atom. The van der Waals surface area contributed by atoms with Gasteiger partial charge in [0.25, 0.3) is 0 Å². The smallest absolute Gasteiger partial charge is 0.234 e. The number of nitrogens with two attached hydrogens (primary N) is 2. The first kappa shape index (κ1) is 40.2. The number of hydrogen-bond acceptors (Lipinski definition) is 10. The van der Waals surface area contributed by atoms with Crippen LogP contribution in [-0.2, 0) is 50.2 Å². The molecule has 1 atom stereocenters. The van der Waals surface area contributed by atoms with Crippen molar-refractivity contribution >= 4 is 23.6 Å². The van der Waals surface area contributed by atoms with Gasteiger partial charge < -0.3 is 32.2 Å². The van der Waals surface area contributed by atoms with Crippen LogP contribution in [0.2, 0.25) is 0 Å². The maximum absolute atomic E-state index is 11.2. The van der Waals surface area contributed by atoms with E-state index in [1.165, 1.54) is 33.6 Å². The molecule has 0 bridgehead atoms. The molecule has 0 aliphatic rings. The number of carbonyl (C=O) groups is 4. The van der Waals surface area contributed by atoms with Crippen molar-refractivity contribution in [1.82, 2.24) is 45.9 Å². The van der Waals surface area contributed by atoms with Crippen LogP contribution in [0.4, 0.5) is 0 Å². The number of unbranched alkanes of at least 4 members (excludes halogenated alkanes) is 3. The summed E-state index contributed by atoms with van der Waals surface area (Å²) in [6, 6.07) is -0.274. The molecule has 16 nitrogen and oxygen atoms in total. The van der Waals surface area contributed by atoms with E-state index in [2.05, 4.69) is 49.2 Å². The van der Waals surface area contributed by atoms with E-state index >= 15 is 0 Å². The maximum Gasteiger partial charge on any atom is 0.234 e. The Hall–Kier alpha value is -3.92. The second kappa shape index (κ2) is 26.0. The summed E-state index contributed by atoms with van der Waals surface area (Å²) in [5, 5.41) is 24.2. The molecular formula is C26H51N11O5. The van der Waals surface area contributed by atoms with Gasteiger partial charge in [0.05, 0.1) is 31.6 Å². The van der Waals surface area contributed by atoms with Gasteiger partial charge in [-0.2, -0.15) is 0 Å². The minimum absolute atomic E-state index is 0.00463. The normalized spacial score (nSPS) is 10.5. The van der Waals surface area contributed by atoms with Crippen LogP contribution in [0.15, 0.2) is 12.4 Å². The van der Waals surface area contributed by atoms with Crippen LogP contribution in [0.3, 0.4) is 0 Å². The molecule has 2 heterocycles. The van der Waals surface area contributed by atoms with Crippen molar-refractivity contribution in [2.24, 2.45) is 11.5 Å². The molecule has 0 unspecified atom stereocenters. The lowest BCUT2D eigenvalue weighted by Crippen LogP contribution is -2.38. The summed E-state index contributed by atoms with van der Waals surface area (Å²) in [5.41, 5.74) is 11.4. The maximum atomic E-state index is 11.2. The van der Waals surface area contributed by atoms with E-state index in [-0.39, 0.29) is 29.7 Å². The molecule has 2 aromatic heterocycles. The molecule has 0 saturated heterocycles. The summed E-state index contributed by atoms with van der Waals surface area (Å²) in [6.45, 7) is 8.85. The predicted molar refractivity (Wildman–Crippen MR) is 158 cm³/mol. The van der Waals surface area contributed by atoms with E-state index in [0.29, 0.717) is 13.2 Å². The van der Waals surface area contributed by atoms with Crippen LogP contribution < -0.4 is 27.4 Å². The highest BCUT2D eigenvalue weighted by Gasteiger charge is 2.11. The molecule has 2 rings (SSSR count). The van der Waals surface area contributed by atoms with Crippen molar-refractivity contribution in [3.63, 3.8) is 0 Å². The van der Waals surface area contributed by atoms with E-state index in [4.69, 9.17) is 10.5 Å². The summed E-state index contributed by atoms with van der Waals surface area (Å²) in [7, 11) is 4.94. The third-order valence-electron chi connectivity index (χ3n) is 5.19. The molecule has 0 saturated carbocycles. The molecule has 240 valence electrons. The monoisotopic (exact) mass is 597 g/mol. The zero-order chi connectivity index (χ0) is 32.3. The number of nitrogens with zero attached hydrogens (tertiary/aromatic N) is 6. The first-order valence-corrected chi connectivity index (χ1v) is 13.8. The number of rotatable bonds is 15. The average molecular weight is 598 g/mol. The zero-order valence-corrected chi connectivity index (χ0v) is 26.2. The first-order chi connectivity index (χ1) is 19.9. The van der Waals surface area contributed by atoms with Gasteiger partial charge >= 0.3 is 0 Å². The summed E-state index contributed by atoms with van der Waals surface area (Å²) >= 11 is 0. The Morgan fingerprint density at radius 3 is 1.55 bits per heavy atom. The number of aryl methyl sites for hydroxylation is 2. The van der Waals surface area contributed by atoms with Gasteiger partial charge in [-0.1, -0.05) is 30.2 Å². The molecule has 0 aromatic carbocycles. The number of carbonyl (C=O) groups excluding carboxylic acids is 4. The van der Waals surface area contributed by atoms with Gasteiger partial charge in [0.2, 0.25) is 23.6 Å². The number of likely N-dealkylation sites (N-methyl/N-ethyl adjacent to an activating group) is 1. The fourth-order valence-electron chi connectivity index (χ4n) is 2.86. The van der Waals surface area contributed by atoms with Gasteiger partial charge in [0.1, 0.15) is 11.4 Å². The minimum atomic E-state index is -0.333. The lowest BCUT2D eigenvalue weighted by Gasteiger charge is -2.11. The fourth-order valence-corrected chi connectivity index (χ4v) is 2.86. The molecule has 0 radical (unpaired) electrons. The predicted octanol–water partition coefficient (Wildman–Crippen LogP) is 0.0164. The van der Waals surface area contributed by atoms with E-state index < -0.39 is 0 Å². The van der Waals surface area contributed by atoms with Crippen LogP contribution in [-0.4, -0.2) is 80.8 Å². The highest BCUT2D eigenvalue weighted by Crippen LogP contribution is 2.05. The Kier molecular flexibility index (Phi) is 24.9. The first-order valence-electron chi connectivity index (χ1n) is 13.8. The average Bonchev–Trinajstić information content (AvgIpc) is 3.58. The number of ether oxygens (including phenoxy) is 1. The second-order valence-electron chi connectivity index (χ2n) is 9.11. The lowest BCUT2D eigenvalue weighted by molar-refractivity contribution is -0.120. The van der Waals surface area contributed by atoms with Crippen molar-refractivity contribution < 1.29 is 23.9 Å². The Labute approximate surface area is 248 Å². The summed E-state index contributed by atoms with van der Waals surface area (Å²) in [4.78, 5) is 39.8. The Bertz CT molecular complexity index is 992. The van der Waals surface area contributed by atoms with Gasteiger partial charge in [-0.05, 0) is 32.7 Å². The molecule has 0 fully saturated rings. The SMILES string of the molecule is CC(N)=O.CCCCCn1cc(COCc2cn(CCCC[C@H](NC)C(N)=O)nn2)nn1.CNC(C)=O.CNC(C)=O. The largest absolute Gasteiger partial charge is 0.370 e. The molecular weight excluding hydrogens is 546 g/mol. The van der Waals surface area contributed by atoms with Crippen molar-refractivity contribution in [3.8, 4) is 0 Å². The number of primary amides is 2. The van der Waals surface area contributed by atoms with Crippen LogP contribution in [0.25, 0.3) is 0 Å². The Morgan fingerprint density at radius 2 is 1.21 bits per heavy atom. The summed E-state index contributed by atoms with van der Waals surface area (Å²) in [5.74, 6) is -0.640. The van der Waals surface area contributed by atoms with Gasteiger partial charge in [0.15, 0.2) is 0 Å². The number of amides is 4. The van der Waals surface area contributed by atoms with Gasteiger partial charge in [-0.25, -0.2) is 0 Å². The molecule has 7 N–H and O–H groups in total. The van der Waals surface area contributed by atoms with Crippen molar-refractivity contribution in [3.05, 3.63) is 23.8 Å². The molecule has 0 aliphatic carbocycles. The quantitative estimate of drug-likeness (QED) is 0.173. The topological polar surface area (TPSA) is 227 Å². The standard InChI is InChI=1S/C18H32N8O2.2C3H7NO.C2H5NO/c1-3-4-6-9-25-11-15(21-23-25)13-28-14-16-12-26(24-22-16)10-7-5-8-17(20-2)18(19)27;2*1-3(5)4-2;1-2(3)4/h11-12,17,20H,3-10,13-14H2,1-2H3,(H2,19,27);2*1-2H3,(H,4,5);1H3,(H2,3,4)/t17-;;;/m0.../s1. The highest BCUT2D eigenvalue weighted by atomic mass is 16.5. The summed E-state index contributed by atoms with van der Waals surface area (Å²) < 4.78 is 9.32. The third-order valence-corrected chi connectivity index (χ3v) is 5.19. The van der Waals surface area contributed by atoms with E-state index in [0.717, 1.165) is 50.2 Å². The van der Waals surface area contributed by atoms with Crippen molar-refractivity contribution in [2.45, 2.75) is 98.6 Å². The zero-order valence-electron chi connectivity index (χ0n) is 26.2. The van der Waals surface area contributed by atoms with Crippen LogP contribution in [0.1, 0.15) is 77.6 Å². The van der Waals surface area contributed by atoms with E-state index in [9.17, 15) is 19.2 Å². The highest BCUT2D eigenvalue weighted by molar-refractivity contribution is 5.79. The van der Waals surface area contributed by atoms with Crippen LogP contribution in [0.5, 0.6) is 0 Å². The Balaban J connectivity index is 0. The number of nitrogens with one attached hydrogen (secondary N) is 3. The molecule has 42 heavy (non-hydrogen) atoms. The lowest BCUT2D eigenvalue weighted by atomic mass is 10.1. The van der Waals surface area contributed by atoms with E-state index in [1.54, 1.807) is 25.8 Å². The fraction of sp³-hybridized carbons (Fsp3) is 0.692. The molecule has 16 heteroatoms. The third kappa shape index (κ3) is 25.1. The van der Waals surface area contributed by atoms with Gasteiger partial charge in [0, 0.05) is 48.0 Å². The minimum Gasteiger partial charge on any atom is -0.370 e. The molecule has 0 aliphatic heterocycles.